The van der Waals surface area contributed by atoms with Crippen LogP contribution in [0.25, 0.3) is 6.08 Å². The summed E-state index contributed by atoms with van der Waals surface area (Å²) in [5.74, 6) is 0. The van der Waals surface area contributed by atoms with Gasteiger partial charge >= 0.3 is 7.26 Å². The number of nitriles is 1. The maximum absolute atomic E-state index is 15.4. The Kier molecular flexibility index (Phi) is 3.28. The zero-order chi connectivity index (χ0) is 16.7. The van der Waals surface area contributed by atoms with Crippen molar-refractivity contribution >= 4 is 24.7 Å². The zero-order valence-electron chi connectivity index (χ0n) is 13.1. The Morgan fingerprint density at radius 3 is 2.50 bits per heavy atom. The van der Waals surface area contributed by atoms with Crippen LogP contribution in [-0.2, 0) is 0 Å². The van der Waals surface area contributed by atoms with Crippen molar-refractivity contribution in [2.24, 2.45) is 0 Å². The van der Waals surface area contributed by atoms with E-state index in [1.807, 2.05) is 60.7 Å². The minimum atomic E-state index is -1.48. The van der Waals surface area contributed by atoms with Crippen LogP contribution in [-0.4, -0.2) is 19.2 Å². The van der Waals surface area contributed by atoms with E-state index in [4.69, 9.17) is 0 Å². The number of nitrogens with zero attached hydrogens (tertiary/aromatic N) is 4. The first-order chi connectivity index (χ1) is 11.7. The average Bonchev–Trinajstić information content (AvgIpc) is 2.94. The van der Waals surface area contributed by atoms with Crippen LogP contribution in [0.5, 0.6) is 0 Å². The van der Waals surface area contributed by atoms with Crippen molar-refractivity contribution in [2.45, 2.75) is 0 Å². The highest BCUT2D eigenvalue weighted by atomic mass is 19.1. The molecule has 0 unspecified atom stereocenters. The number of halogens is 1. The fourth-order valence-electron chi connectivity index (χ4n) is 3.15. The molecule has 0 amide bonds. The molecule has 6 heteroatoms. The number of hydrogen-bond acceptors (Lipinski definition) is 4. The molecule has 2 aliphatic heterocycles. The van der Waals surface area contributed by atoms with Crippen LogP contribution in [0.4, 0.5) is 15.7 Å². The second-order valence-electron chi connectivity index (χ2n) is 5.62. The van der Waals surface area contributed by atoms with Gasteiger partial charge in [0.2, 0.25) is 0 Å². The van der Waals surface area contributed by atoms with Crippen LogP contribution in [0.3, 0.4) is 0 Å². The van der Waals surface area contributed by atoms with Crippen LogP contribution in [0.2, 0.25) is 0 Å². The minimum absolute atomic E-state index is 0.291. The van der Waals surface area contributed by atoms with Crippen LogP contribution in [0.1, 0.15) is 5.56 Å². The van der Waals surface area contributed by atoms with Gasteiger partial charge in [0.1, 0.15) is 11.8 Å². The first kappa shape index (κ1) is 14.4. The summed E-state index contributed by atoms with van der Waals surface area (Å²) in [5, 5.41) is 11.3. The predicted molar refractivity (Wildman–Crippen MR) is 94.1 cm³/mol. The smallest absolute Gasteiger partial charge is 0.332 e. The summed E-state index contributed by atoms with van der Waals surface area (Å²) in [4.78, 5) is 2.95. The summed E-state index contributed by atoms with van der Waals surface area (Å²) in [6.07, 6.45) is 3.71. The van der Waals surface area contributed by atoms with Gasteiger partial charge in [-0.1, -0.05) is 42.5 Å². The molecular formula is C18H14BFN4. The lowest BCUT2D eigenvalue weighted by Gasteiger charge is -2.33. The lowest BCUT2D eigenvalue weighted by atomic mass is 9.96. The van der Waals surface area contributed by atoms with E-state index in [9.17, 15) is 5.26 Å². The van der Waals surface area contributed by atoms with Gasteiger partial charge in [0, 0.05) is 12.7 Å². The topological polar surface area (TPSA) is 33.5 Å². The number of anilines is 2. The molecule has 4 rings (SSSR count). The molecule has 116 valence electrons. The monoisotopic (exact) mass is 316 g/mol. The van der Waals surface area contributed by atoms with Gasteiger partial charge in [0.15, 0.2) is 0 Å². The second kappa shape index (κ2) is 5.46. The maximum Gasteiger partial charge on any atom is 0.613 e. The van der Waals surface area contributed by atoms with E-state index in [2.05, 4.69) is 6.07 Å². The zero-order valence-corrected chi connectivity index (χ0v) is 13.1. The average molecular weight is 316 g/mol. The van der Waals surface area contributed by atoms with Crippen LogP contribution in [0, 0.1) is 11.3 Å². The summed E-state index contributed by atoms with van der Waals surface area (Å²) >= 11 is 0. The van der Waals surface area contributed by atoms with Crippen LogP contribution >= 0.6 is 0 Å². The highest BCUT2D eigenvalue weighted by Crippen LogP contribution is 2.40. The van der Waals surface area contributed by atoms with Crippen LogP contribution in [0.15, 0.2) is 72.1 Å². The van der Waals surface area contributed by atoms with Crippen molar-refractivity contribution in [3.63, 3.8) is 0 Å². The van der Waals surface area contributed by atoms with Gasteiger partial charge in [-0.05, 0) is 29.8 Å². The standard InChI is InChI=1S/C18H14BFN4/c1-22(15-8-3-2-4-9-15)24-18(13-21)17-12-11-14-7-5-6-10-16(14)23(17)19(24)20/h2-12H,1H3. The van der Waals surface area contributed by atoms with E-state index in [1.165, 1.54) is 4.92 Å². The Morgan fingerprint density at radius 2 is 1.75 bits per heavy atom. The van der Waals surface area contributed by atoms with Gasteiger partial charge in [-0.3, -0.25) is 14.2 Å². The molecule has 0 fully saturated rings. The van der Waals surface area contributed by atoms with Crippen molar-refractivity contribution < 1.29 is 4.32 Å². The summed E-state index contributed by atoms with van der Waals surface area (Å²) in [6.45, 7) is 0. The van der Waals surface area contributed by atoms with E-state index in [-0.39, 0.29) is 0 Å². The maximum atomic E-state index is 15.4. The molecule has 0 saturated heterocycles. The fourth-order valence-corrected chi connectivity index (χ4v) is 3.15. The van der Waals surface area contributed by atoms with Gasteiger partial charge in [0.05, 0.1) is 11.4 Å². The molecule has 0 aromatic heterocycles. The SMILES string of the molecule is CN(c1ccccc1)N1B(F)N2C(=C1C#N)C=Cc1ccccc12. The molecule has 0 radical (unpaired) electrons. The quantitative estimate of drug-likeness (QED) is 0.793. The van der Waals surface area contributed by atoms with Crippen LogP contribution < -0.4 is 9.82 Å². The molecule has 0 saturated carbocycles. The molecule has 0 bridgehead atoms. The second-order valence-corrected chi connectivity index (χ2v) is 5.62. The summed E-state index contributed by atoms with van der Waals surface area (Å²) in [6, 6.07) is 19.2. The van der Waals surface area contributed by atoms with Crippen molar-refractivity contribution in [3.8, 4) is 6.07 Å². The summed E-state index contributed by atoms with van der Waals surface area (Å²) < 4.78 is 15.4. The molecule has 24 heavy (non-hydrogen) atoms. The molecule has 0 spiro atoms. The van der Waals surface area contributed by atoms with Crippen molar-refractivity contribution in [3.05, 3.63) is 77.6 Å². The molecule has 0 aliphatic carbocycles. The Morgan fingerprint density at radius 1 is 1.04 bits per heavy atom. The lowest BCUT2D eigenvalue weighted by Crippen LogP contribution is -2.50. The van der Waals surface area contributed by atoms with Crippen molar-refractivity contribution in [1.82, 2.24) is 4.92 Å². The molecule has 0 N–H and O–H groups in total. The largest absolute Gasteiger partial charge is 0.613 e. The molecule has 2 aliphatic rings. The molecule has 2 aromatic rings. The first-order valence-electron chi connectivity index (χ1n) is 7.65. The Balaban J connectivity index is 1.82. The highest BCUT2D eigenvalue weighted by Gasteiger charge is 2.48. The fraction of sp³-hybridized carbons (Fsp3) is 0.0556. The van der Waals surface area contributed by atoms with Gasteiger partial charge in [-0.25, -0.2) is 0 Å². The molecule has 2 heterocycles. The molecular weight excluding hydrogens is 302 g/mol. The predicted octanol–water partition coefficient (Wildman–Crippen LogP) is 3.58. The number of hydrogen-bond donors (Lipinski definition) is 0. The third kappa shape index (κ3) is 1.98. The lowest BCUT2D eigenvalue weighted by molar-refractivity contribution is 0.498. The van der Waals surface area contributed by atoms with E-state index in [0.717, 1.165) is 16.9 Å². The normalized spacial score (nSPS) is 15.3. The molecule has 2 aromatic carbocycles. The van der Waals surface area contributed by atoms with E-state index >= 15 is 4.32 Å². The third-order valence-electron chi connectivity index (χ3n) is 4.32. The summed E-state index contributed by atoms with van der Waals surface area (Å²) in [7, 11) is 0.277. The van der Waals surface area contributed by atoms with Gasteiger partial charge in [0.25, 0.3) is 0 Å². The number of fused-ring (bicyclic) bond motifs is 3. The number of hydrazine groups is 1. The third-order valence-corrected chi connectivity index (χ3v) is 4.32. The Bertz CT molecular complexity index is 887. The van der Waals surface area contributed by atoms with Gasteiger partial charge in [-0.15, -0.1) is 0 Å². The van der Waals surface area contributed by atoms with Gasteiger partial charge in [-0.2, -0.15) is 5.26 Å². The van der Waals surface area contributed by atoms with Crippen molar-refractivity contribution in [2.75, 3.05) is 16.9 Å². The Labute approximate surface area is 140 Å². The van der Waals surface area contributed by atoms with E-state index in [0.29, 0.717) is 11.4 Å². The van der Waals surface area contributed by atoms with Crippen molar-refractivity contribution in [1.29, 1.82) is 5.26 Å². The number of allylic oxidation sites excluding steroid dienone is 2. The highest BCUT2D eigenvalue weighted by molar-refractivity contribution is 6.57. The molecule has 0 atom stereocenters. The number of rotatable bonds is 2. The first-order valence-corrected chi connectivity index (χ1v) is 7.65. The minimum Gasteiger partial charge on any atom is -0.332 e. The number of benzene rings is 2. The Hall–Kier alpha value is -3.20. The van der Waals surface area contributed by atoms with E-state index < -0.39 is 7.26 Å². The summed E-state index contributed by atoms with van der Waals surface area (Å²) in [5.41, 5.74) is 3.38. The van der Waals surface area contributed by atoms with E-state index in [1.54, 1.807) is 22.9 Å². The molecule has 4 nitrogen and oxygen atoms in total. The van der Waals surface area contributed by atoms with Gasteiger partial charge < -0.3 is 4.81 Å². The number of para-hydroxylation sites is 2.